The quantitative estimate of drug-likeness (QED) is 0.737. The van der Waals surface area contributed by atoms with Crippen LogP contribution in [-0.4, -0.2) is 16.2 Å². The normalized spacial score (nSPS) is 11.1. The molecule has 0 fully saturated rings. The molecule has 0 atom stereocenters. The van der Waals surface area contributed by atoms with Crippen LogP contribution in [0.2, 0.25) is 0 Å². The number of hydrogen-bond donors (Lipinski definition) is 0. The molecule has 0 amide bonds. The van der Waals surface area contributed by atoms with Gasteiger partial charge in [0.05, 0.1) is 11.9 Å². The Morgan fingerprint density at radius 3 is 2.71 bits per heavy atom. The predicted molar refractivity (Wildman–Crippen MR) is 84.7 cm³/mol. The van der Waals surface area contributed by atoms with Crippen LogP contribution in [0, 0.1) is 0 Å². The summed E-state index contributed by atoms with van der Waals surface area (Å²) in [7, 11) is 0. The number of alkyl halides is 1. The maximum Gasteiger partial charge on any atom is 0.262 e. The number of thiophene rings is 1. The number of hydrogen-bond acceptors (Lipinski definition) is 3. The molecule has 0 aliphatic heterocycles. The Bertz CT molecular complexity index is 823. The maximum absolute atomic E-state index is 12.8. The van der Waals surface area contributed by atoms with Gasteiger partial charge in [0.25, 0.3) is 5.56 Å². The molecule has 0 N–H and O–H groups in total. The fourth-order valence-corrected chi connectivity index (χ4v) is 3.30. The van der Waals surface area contributed by atoms with Crippen LogP contribution in [0.5, 0.6) is 0 Å². The zero-order valence-electron chi connectivity index (χ0n) is 11.7. The number of aryl methyl sites for hydroxylation is 1. The SMILES string of the molecule is CCc1cc2c(=O)n(CCF)c(-c3ccccc3)nc2s1. The van der Waals surface area contributed by atoms with Crippen molar-refractivity contribution < 1.29 is 4.39 Å². The standard InChI is InChI=1S/C16H15FN2OS/c1-2-12-10-13-15(21-12)18-14(11-6-4-3-5-7-11)19(9-8-17)16(13)20/h3-7,10H,2,8-9H2,1H3. The van der Waals surface area contributed by atoms with E-state index in [9.17, 15) is 9.18 Å². The van der Waals surface area contributed by atoms with Gasteiger partial charge in [-0.3, -0.25) is 9.36 Å². The third kappa shape index (κ3) is 2.49. The van der Waals surface area contributed by atoms with Gasteiger partial charge in [-0.05, 0) is 12.5 Å². The van der Waals surface area contributed by atoms with Gasteiger partial charge in [0, 0.05) is 10.4 Å². The molecule has 0 unspecified atom stereocenters. The molecule has 0 radical (unpaired) electrons. The summed E-state index contributed by atoms with van der Waals surface area (Å²) in [6.45, 7) is 1.49. The highest BCUT2D eigenvalue weighted by molar-refractivity contribution is 7.18. The first kappa shape index (κ1) is 13.9. The monoisotopic (exact) mass is 302 g/mol. The van der Waals surface area contributed by atoms with E-state index in [1.165, 1.54) is 15.9 Å². The molecule has 3 nitrogen and oxygen atoms in total. The lowest BCUT2D eigenvalue weighted by Gasteiger charge is -2.10. The van der Waals surface area contributed by atoms with Gasteiger partial charge in [-0.1, -0.05) is 37.3 Å². The molecule has 0 saturated carbocycles. The van der Waals surface area contributed by atoms with Crippen molar-refractivity contribution in [3.8, 4) is 11.4 Å². The van der Waals surface area contributed by atoms with Gasteiger partial charge in [-0.2, -0.15) is 0 Å². The van der Waals surface area contributed by atoms with Gasteiger partial charge in [0.2, 0.25) is 0 Å². The number of rotatable bonds is 4. The third-order valence-corrected chi connectivity index (χ3v) is 4.56. The molecule has 0 spiro atoms. The zero-order valence-corrected chi connectivity index (χ0v) is 12.5. The van der Waals surface area contributed by atoms with E-state index >= 15 is 0 Å². The average molecular weight is 302 g/mol. The van der Waals surface area contributed by atoms with Gasteiger partial charge < -0.3 is 0 Å². The molecule has 3 aromatic rings. The lowest BCUT2D eigenvalue weighted by molar-refractivity contribution is 0.441. The molecule has 5 heteroatoms. The van der Waals surface area contributed by atoms with E-state index in [0.29, 0.717) is 11.2 Å². The smallest absolute Gasteiger partial charge is 0.262 e. The van der Waals surface area contributed by atoms with Crippen molar-refractivity contribution in [1.82, 2.24) is 9.55 Å². The highest BCUT2D eigenvalue weighted by Gasteiger charge is 2.14. The Labute approximate surface area is 125 Å². The first-order valence-electron chi connectivity index (χ1n) is 6.89. The largest absolute Gasteiger partial charge is 0.289 e. The Balaban J connectivity index is 2.31. The first-order chi connectivity index (χ1) is 10.2. The lowest BCUT2D eigenvalue weighted by atomic mass is 10.2. The lowest BCUT2D eigenvalue weighted by Crippen LogP contribution is -2.23. The summed E-state index contributed by atoms with van der Waals surface area (Å²) in [5, 5.41) is 0.588. The predicted octanol–water partition coefficient (Wildman–Crippen LogP) is 3.66. The van der Waals surface area contributed by atoms with Crippen LogP contribution in [0.1, 0.15) is 11.8 Å². The van der Waals surface area contributed by atoms with Crippen molar-refractivity contribution in [3.05, 3.63) is 51.6 Å². The molecule has 0 bridgehead atoms. The van der Waals surface area contributed by atoms with Gasteiger partial charge in [0.15, 0.2) is 0 Å². The maximum atomic E-state index is 12.8. The minimum Gasteiger partial charge on any atom is -0.289 e. The fraction of sp³-hybridized carbons (Fsp3) is 0.250. The summed E-state index contributed by atoms with van der Waals surface area (Å²) in [6, 6.07) is 11.3. The van der Waals surface area contributed by atoms with E-state index in [1.54, 1.807) is 0 Å². The van der Waals surface area contributed by atoms with E-state index in [0.717, 1.165) is 21.7 Å². The summed E-state index contributed by atoms with van der Waals surface area (Å²) in [4.78, 5) is 19.1. The molecule has 1 aromatic carbocycles. The number of fused-ring (bicyclic) bond motifs is 1. The Hall–Kier alpha value is -2.01. The molecule has 2 heterocycles. The Morgan fingerprint density at radius 2 is 2.05 bits per heavy atom. The van der Waals surface area contributed by atoms with Crippen molar-refractivity contribution in [2.75, 3.05) is 6.67 Å². The molecular formula is C16H15FN2OS. The van der Waals surface area contributed by atoms with Crippen molar-refractivity contribution >= 4 is 21.6 Å². The molecule has 2 aromatic heterocycles. The van der Waals surface area contributed by atoms with Crippen LogP contribution in [0.3, 0.4) is 0 Å². The van der Waals surface area contributed by atoms with Gasteiger partial charge in [-0.15, -0.1) is 11.3 Å². The van der Waals surface area contributed by atoms with Crippen LogP contribution in [0.15, 0.2) is 41.2 Å². The number of benzene rings is 1. The number of nitrogens with zero attached hydrogens (tertiary/aromatic N) is 2. The van der Waals surface area contributed by atoms with E-state index in [1.807, 2.05) is 43.3 Å². The molecule has 21 heavy (non-hydrogen) atoms. The van der Waals surface area contributed by atoms with Gasteiger partial charge >= 0.3 is 0 Å². The molecule has 0 aliphatic rings. The highest BCUT2D eigenvalue weighted by atomic mass is 32.1. The van der Waals surface area contributed by atoms with Crippen molar-refractivity contribution in [2.24, 2.45) is 0 Å². The highest BCUT2D eigenvalue weighted by Crippen LogP contribution is 2.25. The zero-order chi connectivity index (χ0) is 14.8. The molecule has 108 valence electrons. The van der Waals surface area contributed by atoms with Gasteiger partial charge in [-0.25, -0.2) is 9.37 Å². The molecule has 0 aliphatic carbocycles. The van der Waals surface area contributed by atoms with Crippen LogP contribution in [0.4, 0.5) is 4.39 Å². The fourth-order valence-electron chi connectivity index (χ4n) is 2.34. The van der Waals surface area contributed by atoms with Crippen LogP contribution >= 0.6 is 11.3 Å². The van der Waals surface area contributed by atoms with Gasteiger partial charge in [0.1, 0.15) is 17.3 Å². The number of aromatic nitrogens is 2. The second-order valence-corrected chi connectivity index (χ2v) is 5.85. The Kier molecular flexibility index (Phi) is 3.84. The van der Waals surface area contributed by atoms with Crippen LogP contribution in [0.25, 0.3) is 21.6 Å². The summed E-state index contributed by atoms with van der Waals surface area (Å²) >= 11 is 1.53. The van der Waals surface area contributed by atoms with Crippen LogP contribution in [-0.2, 0) is 13.0 Å². The van der Waals surface area contributed by atoms with Crippen molar-refractivity contribution in [3.63, 3.8) is 0 Å². The van der Waals surface area contributed by atoms with Crippen molar-refractivity contribution in [2.45, 2.75) is 19.9 Å². The minimum atomic E-state index is -0.586. The van der Waals surface area contributed by atoms with Crippen LogP contribution < -0.4 is 5.56 Å². The van der Waals surface area contributed by atoms with E-state index in [4.69, 9.17) is 0 Å². The first-order valence-corrected chi connectivity index (χ1v) is 7.71. The van der Waals surface area contributed by atoms with E-state index in [-0.39, 0.29) is 12.1 Å². The second kappa shape index (κ2) is 5.77. The third-order valence-electron chi connectivity index (χ3n) is 3.39. The second-order valence-electron chi connectivity index (χ2n) is 4.73. The minimum absolute atomic E-state index is 0.0311. The van der Waals surface area contributed by atoms with E-state index in [2.05, 4.69) is 4.98 Å². The number of halogens is 1. The molecule has 3 rings (SSSR count). The molecule has 0 saturated heterocycles. The Morgan fingerprint density at radius 1 is 1.29 bits per heavy atom. The summed E-state index contributed by atoms with van der Waals surface area (Å²) < 4.78 is 14.3. The summed E-state index contributed by atoms with van der Waals surface area (Å²) in [5.74, 6) is 0.537. The summed E-state index contributed by atoms with van der Waals surface area (Å²) in [6.07, 6.45) is 0.865. The average Bonchev–Trinajstić information content (AvgIpc) is 2.94. The molecular weight excluding hydrogens is 287 g/mol. The van der Waals surface area contributed by atoms with E-state index < -0.39 is 6.67 Å². The topological polar surface area (TPSA) is 34.9 Å². The summed E-state index contributed by atoms with van der Waals surface area (Å²) in [5.41, 5.74) is 0.670. The van der Waals surface area contributed by atoms with Crippen molar-refractivity contribution in [1.29, 1.82) is 0 Å².